The third-order valence-electron chi connectivity index (χ3n) is 5.84. The van der Waals surface area contributed by atoms with Crippen molar-refractivity contribution in [2.45, 2.75) is 19.4 Å². The number of likely N-dealkylation sites (tertiary alicyclic amines) is 1. The molecule has 0 radical (unpaired) electrons. The average molecular weight is 519 g/mol. The van der Waals surface area contributed by atoms with Crippen molar-refractivity contribution in [3.8, 4) is 5.75 Å². The molecule has 2 heterocycles. The second kappa shape index (κ2) is 10.2. The Kier molecular flexibility index (Phi) is 7.29. The Morgan fingerprint density at radius 1 is 1.19 bits per heavy atom. The molecular formula is C24H27FN4O6S. The Hall–Kier alpha value is -3.48. The smallest absolute Gasteiger partial charge is 0.415 e. The van der Waals surface area contributed by atoms with Gasteiger partial charge < -0.3 is 19.0 Å². The first-order valence-corrected chi connectivity index (χ1v) is 12.7. The molecule has 1 aliphatic heterocycles. The number of rotatable bonds is 8. The molecule has 1 aliphatic rings. The summed E-state index contributed by atoms with van der Waals surface area (Å²) in [7, 11) is 0.945. The Labute approximate surface area is 207 Å². The summed E-state index contributed by atoms with van der Waals surface area (Å²) >= 11 is 0. The first kappa shape index (κ1) is 25.6. The molecule has 1 fully saturated rings. The number of hydrogen-bond donors (Lipinski definition) is 2. The Bertz CT molecular complexity index is 1470. The molecule has 0 atom stereocenters. The monoisotopic (exact) mass is 518 g/mol. The highest BCUT2D eigenvalue weighted by Gasteiger charge is 2.23. The maximum absolute atomic E-state index is 15.2. The number of nitrogens with zero attached hydrogens (tertiary/aromatic N) is 2. The summed E-state index contributed by atoms with van der Waals surface area (Å²) < 4.78 is 54.0. The van der Waals surface area contributed by atoms with Crippen molar-refractivity contribution in [3.05, 3.63) is 69.3 Å². The molecule has 0 spiro atoms. The average Bonchev–Trinajstić information content (AvgIpc) is 2.76. The van der Waals surface area contributed by atoms with E-state index in [0.29, 0.717) is 30.6 Å². The SMILES string of the molecule is CNS(=O)(=O)Nc1cccc(Cc2c(CN(C)C)c3ccc(OC(=O)N4CCC4)cc3oc2=O)c1F. The lowest BCUT2D eigenvalue weighted by Crippen LogP contribution is -2.43. The maximum Gasteiger partial charge on any atom is 0.415 e. The van der Waals surface area contributed by atoms with Gasteiger partial charge in [0.05, 0.1) is 5.69 Å². The molecule has 0 saturated carbocycles. The third kappa shape index (κ3) is 5.50. The van der Waals surface area contributed by atoms with E-state index in [1.807, 2.05) is 19.0 Å². The number of hydrogen-bond acceptors (Lipinski definition) is 7. The topological polar surface area (TPSA) is 121 Å². The van der Waals surface area contributed by atoms with Gasteiger partial charge in [0.2, 0.25) is 0 Å². The van der Waals surface area contributed by atoms with E-state index in [2.05, 4.69) is 9.44 Å². The van der Waals surface area contributed by atoms with Crippen LogP contribution in [0.2, 0.25) is 0 Å². The van der Waals surface area contributed by atoms with Crippen molar-refractivity contribution in [1.29, 1.82) is 0 Å². The van der Waals surface area contributed by atoms with Crippen LogP contribution in [0.1, 0.15) is 23.1 Å². The number of fused-ring (bicyclic) bond motifs is 1. The fourth-order valence-electron chi connectivity index (χ4n) is 3.87. The molecule has 192 valence electrons. The third-order valence-corrected chi connectivity index (χ3v) is 6.87. The quantitative estimate of drug-likeness (QED) is 0.440. The molecule has 12 heteroatoms. The van der Waals surface area contributed by atoms with Gasteiger partial charge in [0.15, 0.2) is 5.82 Å². The zero-order valence-corrected chi connectivity index (χ0v) is 20.9. The molecule has 3 aromatic rings. The standard InChI is InChI=1S/C24H27FN4O6S/c1-26-36(32,33)27-20-7-4-6-15(22(20)25)12-18-19(14-28(2)3)17-9-8-16(13-21(17)35-23(18)30)34-24(31)29-10-5-11-29/h4,6-9,13,26-27H,5,10-12,14H2,1-3H3. The van der Waals surface area contributed by atoms with E-state index in [-0.39, 0.29) is 34.6 Å². The van der Waals surface area contributed by atoms with Crippen molar-refractivity contribution in [1.82, 2.24) is 14.5 Å². The van der Waals surface area contributed by atoms with Gasteiger partial charge in [0.1, 0.15) is 11.3 Å². The molecule has 4 rings (SSSR count). The van der Waals surface area contributed by atoms with Crippen molar-refractivity contribution >= 4 is 33.0 Å². The summed E-state index contributed by atoms with van der Waals surface area (Å²) in [5.41, 5.74) is 0.339. The van der Waals surface area contributed by atoms with Gasteiger partial charge in [0, 0.05) is 50.1 Å². The normalized spacial score (nSPS) is 13.6. The zero-order valence-electron chi connectivity index (χ0n) is 20.1. The van der Waals surface area contributed by atoms with E-state index in [9.17, 15) is 18.0 Å². The molecule has 10 nitrogen and oxygen atoms in total. The lowest BCUT2D eigenvalue weighted by Gasteiger charge is -2.29. The molecule has 0 bridgehead atoms. The van der Waals surface area contributed by atoms with E-state index < -0.39 is 27.7 Å². The van der Waals surface area contributed by atoms with Gasteiger partial charge in [-0.15, -0.1) is 0 Å². The van der Waals surface area contributed by atoms with E-state index in [0.717, 1.165) is 6.42 Å². The number of carbonyl (C=O) groups is 1. The Morgan fingerprint density at radius 2 is 1.94 bits per heavy atom. The lowest BCUT2D eigenvalue weighted by molar-refractivity contribution is 0.125. The van der Waals surface area contributed by atoms with Crippen molar-refractivity contribution in [2.75, 3.05) is 39.0 Å². The van der Waals surface area contributed by atoms with Gasteiger partial charge in [0.25, 0.3) is 10.2 Å². The van der Waals surface area contributed by atoms with Crippen molar-refractivity contribution < 1.29 is 26.8 Å². The fourth-order valence-corrected chi connectivity index (χ4v) is 4.42. The van der Waals surface area contributed by atoms with Crippen LogP contribution in [0, 0.1) is 5.82 Å². The van der Waals surface area contributed by atoms with Crippen LogP contribution >= 0.6 is 0 Å². The van der Waals surface area contributed by atoms with Gasteiger partial charge in [-0.25, -0.2) is 18.7 Å². The Morgan fingerprint density at radius 3 is 2.58 bits per heavy atom. The van der Waals surface area contributed by atoms with Crippen molar-refractivity contribution in [2.24, 2.45) is 0 Å². The largest absolute Gasteiger partial charge is 0.422 e. The van der Waals surface area contributed by atoms with E-state index in [1.165, 1.54) is 31.3 Å². The minimum atomic E-state index is -3.93. The molecule has 2 aromatic carbocycles. The minimum absolute atomic E-state index is 0.117. The maximum atomic E-state index is 15.2. The van der Waals surface area contributed by atoms with Crippen molar-refractivity contribution in [3.63, 3.8) is 0 Å². The van der Waals surface area contributed by atoms with E-state index >= 15 is 4.39 Å². The fraction of sp³-hybridized carbons (Fsp3) is 0.333. The van der Waals surface area contributed by atoms with E-state index in [4.69, 9.17) is 9.15 Å². The van der Waals surface area contributed by atoms with Gasteiger partial charge in [-0.1, -0.05) is 12.1 Å². The second-order valence-corrected chi connectivity index (χ2v) is 10.3. The number of benzene rings is 2. The summed E-state index contributed by atoms with van der Waals surface area (Å²) in [6.45, 7) is 1.65. The highest BCUT2D eigenvalue weighted by atomic mass is 32.2. The summed E-state index contributed by atoms with van der Waals surface area (Å²) in [4.78, 5) is 28.7. The second-order valence-electron chi connectivity index (χ2n) is 8.72. The number of nitrogens with one attached hydrogen (secondary N) is 2. The minimum Gasteiger partial charge on any atom is -0.422 e. The lowest BCUT2D eigenvalue weighted by atomic mass is 9.97. The first-order chi connectivity index (χ1) is 17.1. The summed E-state index contributed by atoms with van der Waals surface area (Å²) in [6.07, 6.45) is 0.356. The zero-order chi connectivity index (χ0) is 26.0. The van der Waals surface area contributed by atoms with Crippen LogP contribution in [0.5, 0.6) is 5.75 Å². The molecule has 0 aliphatic carbocycles. The molecule has 36 heavy (non-hydrogen) atoms. The summed E-state index contributed by atoms with van der Waals surface area (Å²) in [5, 5.41) is 0.620. The predicted octanol–water partition coefficient (Wildman–Crippen LogP) is 2.67. The van der Waals surface area contributed by atoms with Crippen LogP contribution in [-0.4, -0.2) is 58.5 Å². The van der Waals surface area contributed by atoms with Crippen LogP contribution in [-0.2, 0) is 23.2 Å². The molecule has 1 amide bonds. The van der Waals surface area contributed by atoms with Crippen LogP contribution in [0.3, 0.4) is 0 Å². The highest BCUT2D eigenvalue weighted by molar-refractivity contribution is 7.90. The summed E-state index contributed by atoms with van der Waals surface area (Å²) in [5.74, 6) is -0.540. The van der Waals surface area contributed by atoms with Gasteiger partial charge in [-0.2, -0.15) is 8.42 Å². The number of ether oxygens (including phenoxy) is 1. The first-order valence-electron chi connectivity index (χ1n) is 11.3. The van der Waals surface area contributed by atoms with Crippen LogP contribution in [0.15, 0.2) is 45.6 Å². The van der Waals surface area contributed by atoms with Crippen LogP contribution in [0.4, 0.5) is 14.9 Å². The molecule has 1 saturated heterocycles. The number of anilines is 1. The van der Waals surface area contributed by atoms with Crippen LogP contribution < -0.4 is 19.8 Å². The van der Waals surface area contributed by atoms with Gasteiger partial charge >= 0.3 is 11.7 Å². The number of amides is 1. The molecule has 0 unspecified atom stereocenters. The van der Waals surface area contributed by atoms with Crippen LogP contribution in [0.25, 0.3) is 11.0 Å². The number of carbonyl (C=O) groups excluding carboxylic acids is 1. The summed E-state index contributed by atoms with van der Waals surface area (Å²) in [6, 6.07) is 9.09. The molecular weight excluding hydrogens is 491 g/mol. The number of halogens is 1. The predicted molar refractivity (Wildman–Crippen MR) is 133 cm³/mol. The van der Waals surface area contributed by atoms with Gasteiger partial charge in [-0.3, -0.25) is 4.72 Å². The molecule has 1 aromatic heterocycles. The van der Waals surface area contributed by atoms with Gasteiger partial charge in [-0.05, 0) is 49.8 Å². The molecule has 2 N–H and O–H groups in total. The van der Waals surface area contributed by atoms with E-state index in [1.54, 1.807) is 17.0 Å². The highest BCUT2D eigenvalue weighted by Crippen LogP contribution is 2.29. The Balaban J connectivity index is 1.73.